The van der Waals surface area contributed by atoms with Crippen LogP contribution in [0.5, 0.6) is 0 Å². The standard InChI is InChI=1S/C22H25.C21H17.2CH3.Si.Zr/c1-15(2)18-13-17-7-6-8-20(21(17)14-18)16-9-11-19(12-10-16)22(3,4)5;1-14-12-20-15(2)10-11-19(21(20)13-14)18-9-5-7-16-6-3-4-8-17(16)18;;;;/h6-15H,1-5H3;3-13H,1-2H3;2*1H3;;/q4*-1;;. The minimum atomic E-state index is 0. The number of fused-ring (bicyclic) bond motifs is 3. The SMILES string of the molecule is CC(C)c1cc2c(-c3ccc(C(C)(C)C)cc3)cccc2[cH-]1.Cc1cc2c(-c3cccc4ccccc34)ccc(C)c2[cH-]1.[CH3-].[CH3-].[Si]=[Zr]. The number of hydrogen-bond acceptors (Lipinski definition) is 0. The topological polar surface area (TPSA) is 0 Å². The molecule has 0 unspecified atom stereocenters. The molecule has 0 nitrogen and oxygen atoms in total. The van der Waals surface area contributed by atoms with E-state index in [0.717, 1.165) is 0 Å². The first-order chi connectivity index (χ1) is 21.6. The van der Waals surface area contributed by atoms with Gasteiger partial charge in [0.2, 0.25) is 0 Å². The average molecular weight is 708 g/mol. The van der Waals surface area contributed by atoms with Crippen molar-refractivity contribution in [1.29, 1.82) is 0 Å². The second kappa shape index (κ2) is 16.2. The zero-order chi connectivity index (χ0) is 32.3. The third-order valence-electron chi connectivity index (χ3n) is 8.83. The zero-order valence-corrected chi connectivity index (χ0v) is 33.1. The average Bonchev–Trinajstić information content (AvgIpc) is 3.67. The molecule has 0 amide bonds. The molecule has 47 heavy (non-hydrogen) atoms. The van der Waals surface area contributed by atoms with E-state index >= 15 is 0 Å². The van der Waals surface area contributed by atoms with Crippen molar-refractivity contribution in [3.05, 3.63) is 158 Å². The molecule has 2 heteroatoms. The summed E-state index contributed by atoms with van der Waals surface area (Å²) in [7, 11) is 0. The van der Waals surface area contributed by atoms with E-state index in [9.17, 15) is 0 Å². The fraction of sp³-hybridized carbons (Fsp3) is 0.200. The normalized spacial score (nSPS) is 10.9. The van der Waals surface area contributed by atoms with Gasteiger partial charge >= 0.3 is 30.2 Å². The van der Waals surface area contributed by atoms with Crippen LogP contribution in [-0.2, 0) is 28.8 Å². The summed E-state index contributed by atoms with van der Waals surface area (Å²) < 4.78 is 0. The molecule has 0 bridgehead atoms. The van der Waals surface area contributed by atoms with E-state index in [4.69, 9.17) is 0 Å². The zero-order valence-electron chi connectivity index (χ0n) is 29.6. The van der Waals surface area contributed by atoms with E-state index in [1.54, 1.807) is 0 Å². The van der Waals surface area contributed by atoms with Gasteiger partial charge in [0.05, 0.1) is 0 Å². The molecule has 0 N–H and O–H groups in total. The van der Waals surface area contributed by atoms with E-state index in [1.807, 2.05) is 0 Å². The predicted molar refractivity (Wildman–Crippen MR) is 208 cm³/mol. The van der Waals surface area contributed by atoms with Crippen molar-refractivity contribution in [2.24, 2.45) is 0 Å². The second-order valence-electron chi connectivity index (χ2n) is 13.4. The Labute approximate surface area is 301 Å². The van der Waals surface area contributed by atoms with E-state index in [-0.39, 0.29) is 20.3 Å². The molecule has 0 saturated heterocycles. The van der Waals surface area contributed by atoms with Gasteiger partial charge in [0, 0.05) is 0 Å². The molecule has 0 aliphatic heterocycles. The van der Waals surface area contributed by atoms with Crippen LogP contribution < -0.4 is 0 Å². The van der Waals surface area contributed by atoms with Crippen molar-refractivity contribution in [2.75, 3.05) is 0 Å². The summed E-state index contributed by atoms with van der Waals surface area (Å²) in [5, 5.41) is 8.08. The van der Waals surface area contributed by atoms with E-state index in [2.05, 4.69) is 177 Å². The summed E-state index contributed by atoms with van der Waals surface area (Å²) in [6.07, 6.45) is 0. The Kier molecular flexibility index (Phi) is 13.1. The van der Waals surface area contributed by atoms with Gasteiger partial charge in [-0.15, -0.1) is 68.6 Å². The molecule has 0 atom stereocenters. The molecule has 0 heterocycles. The van der Waals surface area contributed by atoms with Crippen LogP contribution in [0.15, 0.2) is 121 Å². The number of rotatable bonds is 3. The van der Waals surface area contributed by atoms with Crippen LogP contribution in [0.1, 0.15) is 62.8 Å². The Morgan fingerprint density at radius 2 is 1.23 bits per heavy atom. The molecule has 0 saturated carbocycles. The Bertz CT molecular complexity index is 2060. The maximum atomic E-state index is 3.06. The van der Waals surface area contributed by atoms with Gasteiger partial charge in [-0.2, -0.15) is 12.1 Å². The number of aryl methyl sites for hydroxylation is 2. The van der Waals surface area contributed by atoms with Gasteiger partial charge in [0.15, 0.2) is 0 Å². The summed E-state index contributed by atoms with van der Waals surface area (Å²) in [5.41, 5.74) is 11.0. The molecule has 0 aliphatic rings. The summed E-state index contributed by atoms with van der Waals surface area (Å²) in [6, 6.07) is 44.6. The van der Waals surface area contributed by atoms with Gasteiger partial charge in [-0.25, -0.2) is 0 Å². The van der Waals surface area contributed by atoms with Crippen LogP contribution in [0.3, 0.4) is 0 Å². The molecule has 0 aromatic heterocycles. The van der Waals surface area contributed by atoms with Crippen LogP contribution in [0, 0.1) is 28.7 Å². The van der Waals surface area contributed by atoms with Gasteiger partial charge in [-0.05, 0) is 38.8 Å². The van der Waals surface area contributed by atoms with Crippen molar-refractivity contribution in [3.63, 3.8) is 0 Å². The first-order valence-corrected chi connectivity index (χ1v) is 20.0. The minimum absolute atomic E-state index is 0. The molecule has 7 aromatic rings. The van der Waals surface area contributed by atoms with Crippen molar-refractivity contribution in [2.45, 2.75) is 59.8 Å². The summed E-state index contributed by atoms with van der Waals surface area (Å²) >= 11 is 1.36. The van der Waals surface area contributed by atoms with Crippen LogP contribution in [0.2, 0.25) is 0 Å². The second-order valence-corrected chi connectivity index (χ2v) is 13.4. The van der Waals surface area contributed by atoms with Crippen molar-refractivity contribution < 1.29 is 23.3 Å². The van der Waals surface area contributed by atoms with Crippen LogP contribution >= 0.6 is 0 Å². The fourth-order valence-electron chi connectivity index (χ4n) is 6.28. The van der Waals surface area contributed by atoms with Crippen LogP contribution in [0.4, 0.5) is 0 Å². The third kappa shape index (κ3) is 8.22. The van der Waals surface area contributed by atoms with Gasteiger partial charge in [0.1, 0.15) is 0 Å². The summed E-state index contributed by atoms with van der Waals surface area (Å²) in [6.45, 7) is 18.7. The van der Waals surface area contributed by atoms with E-state index in [1.165, 1.54) is 100 Å². The predicted octanol–water partition coefficient (Wildman–Crippen LogP) is 13.2. The van der Waals surface area contributed by atoms with Gasteiger partial charge in [-0.3, -0.25) is 0 Å². The molecule has 2 radical (unpaired) electrons. The molecule has 7 aromatic carbocycles. The van der Waals surface area contributed by atoms with Crippen molar-refractivity contribution in [1.82, 2.24) is 0 Å². The maximum absolute atomic E-state index is 3.06. The van der Waals surface area contributed by atoms with Crippen molar-refractivity contribution in [3.8, 4) is 22.3 Å². The number of hydrogen-bond donors (Lipinski definition) is 0. The van der Waals surface area contributed by atoms with E-state index in [0.29, 0.717) is 5.92 Å². The summed E-state index contributed by atoms with van der Waals surface area (Å²) in [5.74, 6) is 0.573. The number of benzene rings is 5. The molecule has 240 valence electrons. The van der Waals surface area contributed by atoms with Gasteiger partial charge in [0.25, 0.3) is 0 Å². The molecule has 0 fully saturated rings. The molecule has 0 spiro atoms. The van der Waals surface area contributed by atoms with Crippen LogP contribution in [-0.4, -0.2) is 6.88 Å². The van der Waals surface area contributed by atoms with Gasteiger partial charge in [-0.1, -0.05) is 138 Å². The third-order valence-corrected chi connectivity index (χ3v) is 8.83. The fourth-order valence-corrected chi connectivity index (χ4v) is 6.28. The van der Waals surface area contributed by atoms with Gasteiger partial charge < -0.3 is 14.9 Å². The molecular formula is C45H48SiZr-4. The Hall–Kier alpha value is -3.32. The Morgan fingerprint density at radius 3 is 1.91 bits per heavy atom. The monoisotopic (exact) mass is 706 g/mol. The Morgan fingerprint density at radius 1 is 0.617 bits per heavy atom. The molecule has 0 aliphatic carbocycles. The molecular weight excluding hydrogens is 660 g/mol. The Balaban J connectivity index is 0.000000233. The van der Waals surface area contributed by atoms with Crippen molar-refractivity contribution >= 4 is 39.2 Å². The van der Waals surface area contributed by atoms with Crippen LogP contribution in [0.25, 0.3) is 54.6 Å². The van der Waals surface area contributed by atoms with E-state index < -0.39 is 0 Å². The molecule has 7 rings (SSSR count). The quantitative estimate of drug-likeness (QED) is 0.127. The first kappa shape index (κ1) is 38.1. The first-order valence-electron chi connectivity index (χ1n) is 15.8. The summed E-state index contributed by atoms with van der Waals surface area (Å²) in [4.78, 5) is 0.